The van der Waals surface area contributed by atoms with Crippen molar-refractivity contribution in [1.82, 2.24) is 10.6 Å². The molecule has 0 spiro atoms. The second kappa shape index (κ2) is 9.08. The monoisotopic (exact) mass is 358 g/mol. The van der Waals surface area contributed by atoms with Crippen LogP contribution in [0, 0.1) is 5.92 Å². The van der Waals surface area contributed by atoms with Crippen LogP contribution < -0.4 is 15.4 Å². The normalized spacial score (nSPS) is 13.1. The van der Waals surface area contributed by atoms with Gasteiger partial charge in [0.2, 0.25) is 5.91 Å². The maximum absolute atomic E-state index is 12.7. The maximum atomic E-state index is 12.7. The lowest BCUT2D eigenvalue weighted by Crippen LogP contribution is -2.50. The molecule has 0 aliphatic rings. The van der Waals surface area contributed by atoms with Crippen LogP contribution in [0.2, 0.25) is 0 Å². The van der Waals surface area contributed by atoms with E-state index < -0.39 is 11.9 Å². The first kappa shape index (κ1) is 19.6. The molecule has 0 saturated heterocycles. The van der Waals surface area contributed by atoms with Crippen LogP contribution in [0.1, 0.15) is 49.9 Å². The first-order valence-corrected chi connectivity index (χ1v) is 8.79. The third kappa shape index (κ3) is 5.12. The SMILES string of the molecule is CCOc1ccc(C(C)NC(=O)C(NC(=O)c2ccco2)C(C)C)cc1. The summed E-state index contributed by atoms with van der Waals surface area (Å²) in [4.78, 5) is 24.8. The molecule has 26 heavy (non-hydrogen) atoms. The summed E-state index contributed by atoms with van der Waals surface area (Å²) in [6, 6.07) is 9.93. The molecule has 1 heterocycles. The van der Waals surface area contributed by atoms with Crippen LogP contribution in [0.4, 0.5) is 0 Å². The third-order valence-electron chi connectivity index (χ3n) is 4.03. The van der Waals surface area contributed by atoms with Gasteiger partial charge in [-0.25, -0.2) is 0 Å². The summed E-state index contributed by atoms with van der Waals surface area (Å²) in [5.41, 5.74) is 0.960. The Balaban J connectivity index is 2.00. The van der Waals surface area contributed by atoms with Gasteiger partial charge < -0.3 is 19.8 Å². The molecule has 2 N–H and O–H groups in total. The minimum Gasteiger partial charge on any atom is -0.494 e. The molecule has 0 saturated carbocycles. The van der Waals surface area contributed by atoms with Crippen molar-refractivity contribution >= 4 is 11.8 Å². The largest absolute Gasteiger partial charge is 0.494 e. The molecule has 6 nitrogen and oxygen atoms in total. The van der Waals surface area contributed by atoms with Gasteiger partial charge >= 0.3 is 0 Å². The molecule has 140 valence electrons. The van der Waals surface area contributed by atoms with E-state index in [1.807, 2.05) is 52.0 Å². The Morgan fingerprint density at radius 3 is 2.31 bits per heavy atom. The highest BCUT2D eigenvalue weighted by atomic mass is 16.5. The number of hydrogen-bond acceptors (Lipinski definition) is 4. The lowest BCUT2D eigenvalue weighted by molar-refractivity contribution is -0.124. The molecule has 2 aromatic rings. The van der Waals surface area contributed by atoms with Gasteiger partial charge in [0.1, 0.15) is 11.8 Å². The third-order valence-corrected chi connectivity index (χ3v) is 4.03. The van der Waals surface area contributed by atoms with Crippen LogP contribution >= 0.6 is 0 Å². The molecule has 2 rings (SSSR count). The van der Waals surface area contributed by atoms with Gasteiger partial charge in [-0.2, -0.15) is 0 Å². The van der Waals surface area contributed by atoms with E-state index >= 15 is 0 Å². The number of benzene rings is 1. The molecule has 2 unspecified atom stereocenters. The van der Waals surface area contributed by atoms with E-state index in [0.29, 0.717) is 6.61 Å². The van der Waals surface area contributed by atoms with Crippen LogP contribution in [0.5, 0.6) is 5.75 Å². The van der Waals surface area contributed by atoms with Crippen LogP contribution in [-0.4, -0.2) is 24.5 Å². The standard InChI is InChI=1S/C20H26N2O4/c1-5-25-16-10-8-15(9-11-16)14(4)21-20(24)18(13(2)3)22-19(23)17-7-6-12-26-17/h6-14,18H,5H2,1-4H3,(H,21,24)(H,22,23). The van der Waals surface area contributed by atoms with E-state index in [1.165, 1.54) is 6.26 Å². The first-order chi connectivity index (χ1) is 12.4. The lowest BCUT2D eigenvalue weighted by Gasteiger charge is -2.24. The molecule has 2 atom stereocenters. The van der Waals surface area contributed by atoms with Gasteiger partial charge in [0.25, 0.3) is 5.91 Å². The Kier molecular flexibility index (Phi) is 6.83. The van der Waals surface area contributed by atoms with Crippen molar-refractivity contribution < 1.29 is 18.7 Å². The van der Waals surface area contributed by atoms with Crippen molar-refractivity contribution in [2.45, 2.75) is 39.8 Å². The zero-order valence-electron chi connectivity index (χ0n) is 15.6. The molecule has 0 bridgehead atoms. The Labute approximate surface area is 153 Å². The average molecular weight is 358 g/mol. The second-order valence-corrected chi connectivity index (χ2v) is 6.40. The molecule has 1 aromatic carbocycles. The van der Waals surface area contributed by atoms with Crippen molar-refractivity contribution in [3.8, 4) is 5.75 Å². The first-order valence-electron chi connectivity index (χ1n) is 8.79. The summed E-state index contributed by atoms with van der Waals surface area (Å²) >= 11 is 0. The summed E-state index contributed by atoms with van der Waals surface area (Å²) in [7, 11) is 0. The summed E-state index contributed by atoms with van der Waals surface area (Å²) < 4.78 is 10.5. The number of rotatable bonds is 8. The highest BCUT2D eigenvalue weighted by molar-refractivity contribution is 5.95. The van der Waals surface area contributed by atoms with Crippen LogP contribution in [0.25, 0.3) is 0 Å². The van der Waals surface area contributed by atoms with Crippen molar-refractivity contribution in [3.63, 3.8) is 0 Å². The summed E-state index contributed by atoms with van der Waals surface area (Å²) in [6.45, 7) is 8.21. The Morgan fingerprint density at radius 1 is 1.08 bits per heavy atom. The zero-order chi connectivity index (χ0) is 19.1. The van der Waals surface area contributed by atoms with Crippen molar-refractivity contribution in [3.05, 3.63) is 54.0 Å². The van der Waals surface area contributed by atoms with Gasteiger partial charge in [0.05, 0.1) is 18.9 Å². The van der Waals surface area contributed by atoms with Crippen LogP contribution in [0.15, 0.2) is 47.1 Å². The highest BCUT2D eigenvalue weighted by Crippen LogP contribution is 2.18. The second-order valence-electron chi connectivity index (χ2n) is 6.40. The van der Waals surface area contributed by atoms with Crippen molar-refractivity contribution in [2.24, 2.45) is 5.92 Å². The fourth-order valence-corrected chi connectivity index (χ4v) is 2.56. The van der Waals surface area contributed by atoms with Gasteiger partial charge in [-0.15, -0.1) is 0 Å². The number of carbonyl (C=O) groups excluding carboxylic acids is 2. The number of carbonyl (C=O) groups is 2. The molecule has 0 fully saturated rings. The topological polar surface area (TPSA) is 80.6 Å². The number of nitrogens with one attached hydrogen (secondary N) is 2. The molecular formula is C20H26N2O4. The van der Waals surface area contributed by atoms with Crippen molar-refractivity contribution in [2.75, 3.05) is 6.61 Å². The zero-order valence-corrected chi connectivity index (χ0v) is 15.6. The fraction of sp³-hybridized carbons (Fsp3) is 0.400. The van der Waals surface area contributed by atoms with Gasteiger partial charge in [0.15, 0.2) is 5.76 Å². The van der Waals surface area contributed by atoms with E-state index in [-0.39, 0.29) is 23.6 Å². The quantitative estimate of drug-likeness (QED) is 0.759. The van der Waals surface area contributed by atoms with Gasteiger partial charge in [-0.1, -0.05) is 26.0 Å². The van der Waals surface area contributed by atoms with Gasteiger partial charge in [-0.05, 0) is 49.6 Å². The van der Waals surface area contributed by atoms with E-state index in [1.54, 1.807) is 12.1 Å². The Hall–Kier alpha value is -2.76. The Morgan fingerprint density at radius 2 is 1.77 bits per heavy atom. The minimum atomic E-state index is -0.655. The molecule has 1 aromatic heterocycles. The highest BCUT2D eigenvalue weighted by Gasteiger charge is 2.26. The van der Waals surface area contributed by atoms with E-state index in [2.05, 4.69) is 10.6 Å². The molecular weight excluding hydrogens is 332 g/mol. The number of furan rings is 1. The number of hydrogen-bond donors (Lipinski definition) is 2. The summed E-state index contributed by atoms with van der Waals surface area (Å²) in [5, 5.41) is 5.69. The smallest absolute Gasteiger partial charge is 0.287 e. The Bertz CT molecular complexity index is 708. The fourth-order valence-electron chi connectivity index (χ4n) is 2.56. The lowest BCUT2D eigenvalue weighted by atomic mass is 10.0. The molecule has 0 radical (unpaired) electrons. The average Bonchev–Trinajstić information content (AvgIpc) is 3.14. The van der Waals surface area contributed by atoms with Crippen LogP contribution in [0.3, 0.4) is 0 Å². The number of amides is 2. The summed E-state index contributed by atoms with van der Waals surface area (Å²) in [5.74, 6) is 0.267. The minimum absolute atomic E-state index is 0.0681. The number of ether oxygens (including phenoxy) is 1. The molecule has 2 amide bonds. The molecule has 0 aliphatic carbocycles. The van der Waals surface area contributed by atoms with Gasteiger partial charge in [-0.3, -0.25) is 9.59 Å². The molecule has 0 aliphatic heterocycles. The predicted octanol–water partition coefficient (Wildman–Crippen LogP) is 3.31. The molecule has 6 heteroatoms. The van der Waals surface area contributed by atoms with E-state index in [0.717, 1.165) is 11.3 Å². The van der Waals surface area contributed by atoms with E-state index in [4.69, 9.17) is 9.15 Å². The summed E-state index contributed by atoms with van der Waals surface area (Å²) in [6.07, 6.45) is 1.42. The van der Waals surface area contributed by atoms with Crippen LogP contribution in [-0.2, 0) is 4.79 Å². The van der Waals surface area contributed by atoms with Gasteiger partial charge in [0, 0.05) is 0 Å². The predicted molar refractivity (Wildman–Crippen MR) is 99.0 cm³/mol. The van der Waals surface area contributed by atoms with Crippen molar-refractivity contribution in [1.29, 1.82) is 0 Å². The van der Waals surface area contributed by atoms with E-state index in [9.17, 15) is 9.59 Å². The maximum Gasteiger partial charge on any atom is 0.287 e.